The maximum Gasteiger partial charge on any atom is 0.246 e. The van der Waals surface area contributed by atoms with E-state index in [1.54, 1.807) is 17.0 Å². The number of nitrogens with zero attached hydrogens (tertiary/aromatic N) is 1. The summed E-state index contributed by atoms with van der Waals surface area (Å²) < 4.78 is 13.0. The summed E-state index contributed by atoms with van der Waals surface area (Å²) in [5.41, 5.74) is 0.00519. The molecule has 2 fully saturated rings. The molecule has 2 aliphatic rings. The first-order valence-corrected chi connectivity index (χ1v) is 7.00. The minimum Gasteiger partial charge on any atom is -0.386 e. The van der Waals surface area contributed by atoms with Crippen LogP contribution in [0.2, 0.25) is 5.02 Å². The molecule has 0 aromatic heterocycles. The van der Waals surface area contributed by atoms with Crippen LogP contribution in [0.3, 0.4) is 0 Å². The molecule has 5 heteroatoms. The fourth-order valence-electron chi connectivity index (χ4n) is 2.54. The molecule has 0 spiro atoms. The summed E-state index contributed by atoms with van der Waals surface area (Å²) in [6.07, 6.45) is 5.14. The molecule has 0 unspecified atom stereocenters. The van der Waals surface area contributed by atoms with Crippen LogP contribution in [0.25, 0.3) is 6.08 Å². The molecule has 20 heavy (non-hydrogen) atoms. The molecule has 3 rings (SSSR count). The lowest BCUT2D eigenvalue weighted by atomic mass is 9.88. The predicted molar refractivity (Wildman–Crippen MR) is 74.7 cm³/mol. The van der Waals surface area contributed by atoms with Gasteiger partial charge in [0.1, 0.15) is 11.4 Å². The Labute approximate surface area is 121 Å². The number of benzene rings is 1. The molecule has 1 N–H and O–H groups in total. The maximum absolute atomic E-state index is 13.0. The summed E-state index contributed by atoms with van der Waals surface area (Å²) >= 11 is 5.67. The van der Waals surface area contributed by atoms with E-state index < -0.39 is 11.4 Å². The van der Waals surface area contributed by atoms with Crippen molar-refractivity contribution in [3.05, 3.63) is 40.7 Å². The number of hydrogen-bond donors (Lipinski definition) is 1. The van der Waals surface area contributed by atoms with Crippen LogP contribution in [0.4, 0.5) is 4.39 Å². The Morgan fingerprint density at radius 2 is 2.15 bits per heavy atom. The van der Waals surface area contributed by atoms with Gasteiger partial charge in [-0.3, -0.25) is 4.79 Å². The van der Waals surface area contributed by atoms with Crippen molar-refractivity contribution in [2.75, 3.05) is 13.1 Å². The van der Waals surface area contributed by atoms with Crippen molar-refractivity contribution in [1.82, 2.24) is 4.90 Å². The van der Waals surface area contributed by atoms with E-state index in [2.05, 4.69) is 0 Å². The highest BCUT2D eigenvalue weighted by molar-refractivity contribution is 6.30. The van der Waals surface area contributed by atoms with Gasteiger partial charge < -0.3 is 10.0 Å². The van der Waals surface area contributed by atoms with Crippen molar-refractivity contribution >= 4 is 23.6 Å². The SMILES string of the molecule is O=C(C=Cc1ccc(F)c(Cl)c1)N1CC(O)(C2CC2)C1. The van der Waals surface area contributed by atoms with Crippen molar-refractivity contribution in [1.29, 1.82) is 0 Å². The third kappa shape index (κ3) is 2.58. The van der Waals surface area contributed by atoms with E-state index in [9.17, 15) is 14.3 Å². The highest BCUT2D eigenvalue weighted by Crippen LogP contribution is 2.44. The number of β-amino-alcohol motifs (C(OH)–C–C–N with tert-alkyl or cyclic N) is 1. The van der Waals surface area contributed by atoms with Crippen molar-refractivity contribution in [3.8, 4) is 0 Å². The van der Waals surface area contributed by atoms with Gasteiger partial charge in [0, 0.05) is 6.08 Å². The zero-order valence-electron chi connectivity index (χ0n) is 10.9. The molecule has 1 saturated heterocycles. The summed E-state index contributed by atoms with van der Waals surface area (Å²) in [4.78, 5) is 13.5. The average molecular weight is 296 g/mol. The van der Waals surface area contributed by atoms with Crippen LogP contribution in [0.15, 0.2) is 24.3 Å². The number of halogens is 2. The molecule has 3 nitrogen and oxygen atoms in total. The Morgan fingerprint density at radius 1 is 1.45 bits per heavy atom. The van der Waals surface area contributed by atoms with Gasteiger partial charge in [0.15, 0.2) is 0 Å². The molecule has 0 bridgehead atoms. The number of likely N-dealkylation sites (tertiary alicyclic amines) is 1. The van der Waals surface area contributed by atoms with Gasteiger partial charge in [-0.1, -0.05) is 17.7 Å². The zero-order chi connectivity index (χ0) is 14.3. The van der Waals surface area contributed by atoms with E-state index in [-0.39, 0.29) is 10.9 Å². The van der Waals surface area contributed by atoms with Crippen LogP contribution < -0.4 is 0 Å². The summed E-state index contributed by atoms with van der Waals surface area (Å²) in [6.45, 7) is 0.816. The smallest absolute Gasteiger partial charge is 0.246 e. The molecule has 1 aromatic carbocycles. The topological polar surface area (TPSA) is 40.5 Å². The lowest BCUT2D eigenvalue weighted by Gasteiger charge is -2.46. The lowest BCUT2D eigenvalue weighted by molar-refractivity contribution is -0.154. The van der Waals surface area contributed by atoms with E-state index in [1.807, 2.05) is 0 Å². The zero-order valence-corrected chi connectivity index (χ0v) is 11.6. The fourth-order valence-corrected chi connectivity index (χ4v) is 2.73. The molecular formula is C15H15ClFNO2. The van der Waals surface area contributed by atoms with Gasteiger partial charge in [0.05, 0.1) is 18.1 Å². The highest BCUT2D eigenvalue weighted by atomic mass is 35.5. The lowest BCUT2D eigenvalue weighted by Crippen LogP contribution is -2.64. The molecule has 106 valence electrons. The minimum absolute atomic E-state index is 0.0339. The molecule has 0 radical (unpaired) electrons. The predicted octanol–water partition coefficient (Wildman–Crippen LogP) is 2.48. The largest absolute Gasteiger partial charge is 0.386 e. The second-order valence-electron chi connectivity index (χ2n) is 5.58. The quantitative estimate of drug-likeness (QED) is 0.870. The van der Waals surface area contributed by atoms with E-state index in [0.717, 1.165) is 12.8 Å². The van der Waals surface area contributed by atoms with Crippen LogP contribution >= 0.6 is 11.6 Å². The van der Waals surface area contributed by atoms with Gasteiger partial charge in [-0.15, -0.1) is 0 Å². The third-order valence-electron chi connectivity index (χ3n) is 3.94. The molecule has 1 aromatic rings. The fraction of sp³-hybridized carbons (Fsp3) is 0.400. The van der Waals surface area contributed by atoms with Crippen LogP contribution in [0.1, 0.15) is 18.4 Å². The molecule has 0 atom stereocenters. The molecule has 1 saturated carbocycles. The molecular weight excluding hydrogens is 281 g/mol. The summed E-state index contributed by atoms with van der Waals surface area (Å²) in [6, 6.07) is 4.29. The minimum atomic E-state index is -0.664. The van der Waals surface area contributed by atoms with Crippen molar-refractivity contribution in [2.24, 2.45) is 5.92 Å². The first kappa shape index (κ1) is 13.6. The van der Waals surface area contributed by atoms with E-state index >= 15 is 0 Å². The monoisotopic (exact) mass is 295 g/mol. The van der Waals surface area contributed by atoms with Crippen LogP contribution in [-0.2, 0) is 4.79 Å². The highest BCUT2D eigenvalue weighted by Gasteiger charge is 2.52. The van der Waals surface area contributed by atoms with Gasteiger partial charge in [0.25, 0.3) is 0 Å². The average Bonchev–Trinajstić information content (AvgIpc) is 3.20. The Kier molecular flexibility index (Phi) is 3.30. The number of hydrogen-bond acceptors (Lipinski definition) is 2. The normalized spacial score (nSPS) is 21.1. The van der Waals surface area contributed by atoms with E-state index in [0.29, 0.717) is 24.6 Å². The third-order valence-corrected chi connectivity index (χ3v) is 4.23. The van der Waals surface area contributed by atoms with Gasteiger partial charge in [-0.2, -0.15) is 0 Å². The van der Waals surface area contributed by atoms with Crippen LogP contribution in [0.5, 0.6) is 0 Å². The second-order valence-corrected chi connectivity index (χ2v) is 5.99. The number of rotatable bonds is 3. The van der Waals surface area contributed by atoms with Crippen LogP contribution in [0, 0.1) is 11.7 Å². The Morgan fingerprint density at radius 3 is 2.75 bits per heavy atom. The summed E-state index contributed by atoms with van der Waals surface area (Å²) in [5.74, 6) is -0.255. The van der Waals surface area contributed by atoms with Crippen molar-refractivity contribution in [2.45, 2.75) is 18.4 Å². The van der Waals surface area contributed by atoms with E-state index in [4.69, 9.17) is 11.6 Å². The van der Waals surface area contributed by atoms with Gasteiger partial charge >= 0.3 is 0 Å². The first-order valence-electron chi connectivity index (χ1n) is 6.62. The Balaban J connectivity index is 1.59. The summed E-state index contributed by atoms with van der Waals surface area (Å²) in [5, 5.41) is 10.2. The Hall–Kier alpha value is -1.39. The standard InChI is InChI=1S/C15H15ClFNO2/c16-12-7-10(1-5-13(12)17)2-6-14(19)18-8-15(20,9-18)11-3-4-11/h1-2,5-7,11,20H,3-4,8-9H2. The molecule has 1 aliphatic carbocycles. The number of amides is 1. The number of aliphatic hydroxyl groups is 1. The molecule has 1 aliphatic heterocycles. The van der Waals surface area contributed by atoms with Crippen molar-refractivity contribution in [3.63, 3.8) is 0 Å². The maximum atomic E-state index is 13.0. The van der Waals surface area contributed by atoms with Gasteiger partial charge in [-0.05, 0) is 42.5 Å². The summed E-state index contributed by atoms with van der Waals surface area (Å²) in [7, 11) is 0. The molecule has 1 heterocycles. The number of carbonyl (C=O) groups excluding carboxylic acids is 1. The van der Waals surface area contributed by atoms with Crippen molar-refractivity contribution < 1.29 is 14.3 Å². The Bertz CT molecular complexity index is 577. The first-order chi connectivity index (χ1) is 9.48. The molecule has 1 amide bonds. The number of carbonyl (C=O) groups is 1. The van der Waals surface area contributed by atoms with E-state index in [1.165, 1.54) is 18.2 Å². The van der Waals surface area contributed by atoms with Gasteiger partial charge in [-0.25, -0.2) is 4.39 Å². The second kappa shape index (κ2) is 4.86. The van der Waals surface area contributed by atoms with Gasteiger partial charge in [0.2, 0.25) is 5.91 Å². The van der Waals surface area contributed by atoms with Crippen LogP contribution in [-0.4, -0.2) is 34.6 Å².